The maximum Gasteiger partial charge on any atom is 0.221 e. The lowest BCUT2D eigenvalue weighted by Gasteiger charge is -2.40. The van der Waals surface area contributed by atoms with Gasteiger partial charge in [0.05, 0.1) is 13.5 Å². The number of benzene rings is 2. The fourth-order valence-corrected chi connectivity index (χ4v) is 6.25. The summed E-state index contributed by atoms with van der Waals surface area (Å²) in [6.45, 7) is 2.22. The van der Waals surface area contributed by atoms with Gasteiger partial charge in [0.25, 0.3) is 0 Å². The lowest BCUT2D eigenvalue weighted by molar-refractivity contribution is -0.117. The molecule has 3 aliphatic rings. The van der Waals surface area contributed by atoms with E-state index in [1.165, 1.54) is 47.1 Å². The number of hydrogen-bond acceptors (Lipinski definition) is 2. The van der Waals surface area contributed by atoms with E-state index in [0.29, 0.717) is 18.3 Å². The SMILES string of the molecule is COc1cc(C)c2c(c1)-c1cccc(CC(N)=O)c1C1C3CCC(C3)C21. The van der Waals surface area contributed by atoms with Crippen LogP contribution in [0.15, 0.2) is 30.3 Å². The summed E-state index contributed by atoms with van der Waals surface area (Å²) < 4.78 is 5.57. The summed E-state index contributed by atoms with van der Waals surface area (Å²) in [7, 11) is 1.73. The molecular formula is C23H25NO2. The number of carbonyl (C=O) groups excluding carboxylic acids is 1. The first kappa shape index (κ1) is 15.9. The second-order valence-corrected chi connectivity index (χ2v) is 8.31. The molecule has 4 unspecified atom stereocenters. The normalized spacial score (nSPS) is 27.6. The Hall–Kier alpha value is -2.29. The average molecular weight is 347 g/mol. The van der Waals surface area contributed by atoms with Gasteiger partial charge in [-0.25, -0.2) is 0 Å². The molecule has 1 amide bonds. The Labute approximate surface area is 154 Å². The van der Waals surface area contributed by atoms with Gasteiger partial charge >= 0.3 is 0 Å². The summed E-state index contributed by atoms with van der Waals surface area (Å²) in [6, 6.07) is 10.8. The van der Waals surface area contributed by atoms with Crippen LogP contribution in [0.3, 0.4) is 0 Å². The molecule has 26 heavy (non-hydrogen) atoms. The van der Waals surface area contributed by atoms with Gasteiger partial charge < -0.3 is 10.5 Å². The third kappa shape index (κ3) is 2.09. The van der Waals surface area contributed by atoms with Crippen LogP contribution < -0.4 is 10.5 Å². The van der Waals surface area contributed by atoms with Crippen molar-refractivity contribution in [1.82, 2.24) is 0 Å². The molecule has 0 saturated heterocycles. The molecule has 5 rings (SSSR count). The van der Waals surface area contributed by atoms with Gasteiger partial charge in [-0.3, -0.25) is 4.79 Å². The molecule has 2 fully saturated rings. The highest BCUT2D eigenvalue weighted by molar-refractivity contribution is 5.83. The molecule has 0 aliphatic heterocycles. The molecule has 2 aromatic carbocycles. The highest BCUT2D eigenvalue weighted by Gasteiger charge is 2.52. The zero-order valence-corrected chi connectivity index (χ0v) is 15.4. The second kappa shape index (κ2) is 5.60. The van der Waals surface area contributed by atoms with Crippen molar-refractivity contribution in [2.24, 2.45) is 17.6 Å². The maximum atomic E-state index is 11.7. The molecule has 3 heteroatoms. The van der Waals surface area contributed by atoms with Crippen molar-refractivity contribution in [1.29, 1.82) is 0 Å². The van der Waals surface area contributed by atoms with Crippen LogP contribution in [0.25, 0.3) is 11.1 Å². The van der Waals surface area contributed by atoms with Crippen molar-refractivity contribution in [2.75, 3.05) is 7.11 Å². The van der Waals surface area contributed by atoms with E-state index in [4.69, 9.17) is 10.5 Å². The Morgan fingerprint density at radius 3 is 2.54 bits per heavy atom. The summed E-state index contributed by atoms with van der Waals surface area (Å²) in [6.07, 6.45) is 4.32. The molecule has 0 radical (unpaired) electrons. The van der Waals surface area contributed by atoms with Crippen molar-refractivity contribution < 1.29 is 9.53 Å². The molecule has 2 N–H and O–H groups in total. The van der Waals surface area contributed by atoms with Gasteiger partial charge in [-0.05, 0) is 95.4 Å². The van der Waals surface area contributed by atoms with Crippen molar-refractivity contribution >= 4 is 5.91 Å². The van der Waals surface area contributed by atoms with Crippen LogP contribution in [0.5, 0.6) is 5.75 Å². The summed E-state index contributed by atoms with van der Waals surface area (Å²) in [5, 5.41) is 0. The minimum Gasteiger partial charge on any atom is -0.497 e. The molecule has 4 atom stereocenters. The van der Waals surface area contributed by atoms with E-state index in [2.05, 4.69) is 37.3 Å². The largest absolute Gasteiger partial charge is 0.497 e. The highest BCUT2D eigenvalue weighted by atomic mass is 16.5. The van der Waals surface area contributed by atoms with Crippen molar-refractivity contribution in [3.8, 4) is 16.9 Å². The summed E-state index contributed by atoms with van der Waals surface area (Å²) in [5.41, 5.74) is 13.5. The van der Waals surface area contributed by atoms with Gasteiger partial charge in [-0.15, -0.1) is 0 Å². The van der Waals surface area contributed by atoms with Crippen LogP contribution >= 0.6 is 0 Å². The third-order valence-electron chi connectivity index (χ3n) is 7.03. The van der Waals surface area contributed by atoms with Gasteiger partial charge in [-0.1, -0.05) is 18.2 Å². The number of amides is 1. The number of methoxy groups -OCH3 is 1. The summed E-state index contributed by atoms with van der Waals surface area (Å²) in [4.78, 5) is 11.7. The molecule has 134 valence electrons. The van der Waals surface area contributed by atoms with Gasteiger partial charge in [-0.2, -0.15) is 0 Å². The topological polar surface area (TPSA) is 52.3 Å². The molecular weight excluding hydrogens is 322 g/mol. The number of ether oxygens (including phenoxy) is 1. The van der Waals surface area contributed by atoms with Crippen molar-refractivity contribution in [2.45, 2.75) is 44.4 Å². The van der Waals surface area contributed by atoms with E-state index in [-0.39, 0.29) is 5.91 Å². The standard InChI is InChI=1S/C23H25NO2/c1-12-8-16(26-2)11-18-17-5-3-4-13(10-19(24)25)21(17)23-15-7-6-14(9-15)22(23)20(12)18/h3-5,8,11,14-15,22-23H,6-7,9-10H2,1-2H3,(H2,24,25). The average Bonchev–Trinajstić information content (AvgIpc) is 3.23. The quantitative estimate of drug-likeness (QED) is 0.899. The molecule has 0 spiro atoms. The van der Waals surface area contributed by atoms with E-state index in [0.717, 1.165) is 23.1 Å². The first-order chi connectivity index (χ1) is 12.6. The van der Waals surface area contributed by atoms with Crippen LogP contribution in [0.4, 0.5) is 0 Å². The Balaban J connectivity index is 1.81. The molecule has 0 heterocycles. The number of primary amides is 1. The number of fused-ring (bicyclic) bond motifs is 10. The number of nitrogens with two attached hydrogens (primary N) is 1. The molecule has 2 aromatic rings. The zero-order valence-electron chi connectivity index (χ0n) is 15.4. The van der Waals surface area contributed by atoms with Crippen LogP contribution in [0, 0.1) is 18.8 Å². The summed E-state index contributed by atoms with van der Waals surface area (Å²) in [5.74, 6) is 3.30. The number of rotatable bonds is 3. The van der Waals surface area contributed by atoms with Gasteiger partial charge in [0, 0.05) is 0 Å². The van der Waals surface area contributed by atoms with E-state index in [1.807, 2.05) is 0 Å². The molecule has 3 aliphatic carbocycles. The monoisotopic (exact) mass is 347 g/mol. The van der Waals surface area contributed by atoms with Gasteiger partial charge in [0.2, 0.25) is 5.91 Å². The minimum absolute atomic E-state index is 0.245. The number of aryl methyl sites for hydroxylation is 1. The van der Waals surface area contributed by atoms with E-state index in [1.54, 1.807) is 7.11 Å². The predicted octanol–water partition coefficient (Wildman–Crippen LogP) is 4.31. The fraction of sp³-hybridized carbons (Fsp3) is 0.435. The van der Waals surface area contributed by atoms with E-state index < -0.39 is 0 Å². The Morgan fingerprint density at radius 1 is 1.12 bits per heavy atom. The third-order valence-corrected chi connectivity index (χ3v) is 7.03. The van der Waals surface area contributed by atoms with Gasteiger partial charge in [0.1, 0.15) is 5.75 Å². The highest BCUT2D eigenvalue weighted by Crippen LogP contribution is 2.66. The zero-order chi connectivity index (χ0) is 18.0. The minimum atomic E-state index is -0.245. The first-order valence-corrected chi connectivity index (χ1v) is 9.67. The maximum absolute atomic E-state index is 11.7. The van der Waals surface area contributed by atoms with Crippen LogP contribution in [0.1, 0.15) is 53.4 Å². The number of hydrogen-bond donors (Lipinski definition) is 1. The fourth-order valence-electron chi connectivity index (χ4n) is 6.25. The first-order valence-electron chi connectivity index (χ1n) is 9.67. The van der Waals surface area contributed by atoms with E-state index in [9.17, 15) is 4.79 Å². The van der Waals surface area contributed by atoms with Crippen LogP contribution in [-0.2, 0) is 11.2 Å². The molecule has 0 aromatic heterocycles. The Morgan fingerprint density at radius 2 is 1.85 bits per heavy atom. The van der Waals surface area contributed by atoms with Crippen LogP contribution in [-0.4, -0.2) is 13.0 Å². The molecule has 3 nitrogen and oxygen atoms in total. The second-order valence-electron chi connectivity index (χ2n) is 8.31. The molecule has 2 bridgehead atoms. The summed E-state index contributed by atoms with van der Waals surface area (Å²) >= 11 is 0. The Bertz CT molecular complexity index is 917. The van der Waals surface area contributed by atoms with Gasteiger partial charge in [0.15, 0.2) is 0 Å². The Kier molecular flexibility index (Phi) is 3.43. The van der Waals surface area contributed by atoms with E-state index >= 15 is 0 Å². The smallest absolute Gasteiger partial charge is 0.221 e. The lowest BCUT2D eigenvalue weighted by Crippen LogP contribution is -2.27. The molecule has 2 saturated carbocycles. The number of carbonyl (C=O) groups is 1. The van der Waals surface area contributed by atoms with Crippen LogP contribution in [0.2, 0.25) is 0 Å². The van der Waals surface area contributed by atoms with Crippen molar-refractivity contribution in [3.63, 3.8) is 0 Å². The van der Waals surface area contributed by atoms with Crippen molar-refractivity contribution in [3.05, 3.63) is 52.6 Å². The predicted molar refractivity (Wildman–Crippen MR) is 102 cm³/mol. The lowest BCUT2D eigenvalue weighted by atomic mass is 9.63.